The van der Waals surface area contributed by atoms with Crippen molar-refractivity contribution in [2.45, 2.75) is 20.0 Å². The van der Waals surface area contributed by atoms with Gasteiger partial charge in [-0.1, -0.05) is 6.08 Å². The van der Waals surface area contributed by atoms with Crippen LogP contribution in [0, 0.1) is 0 Å². The number of rotatable bonds is 2. The monoisotopic (exact) mass is 269 g/mol. The number of aliphatic imine (C=N–C) groups is 2. The predicted octanol–water partition coefficient (Wildman–Crippen LogP) is 1.71. The van der Waals surface area contributed by atoms with E-state index in [0.717, 1.165) is 11.9 Å². The molecule has 1 aliphatic rings. The van der Waals surface area contributed by atoms with E-state index in [4.69, 9.17) is 0 Å². The standard InChI is InChI=1S/C12H23N5S/c1-8-10(18-7)16(5)12-14-9(2)13-11(15(3)4)17(12)6/h8-9H,1-7H3. The maximum Gasteiger partial charge on any atom is 0.210 e. The van der Waals surface area contributed by atoms with Crippen LogP contribution < -0.4 is 0 Å². The number of guanidine groups is 2. The summed E-state index contributed by atoms with van der Waals surface area (Å²) < 4.78 is 0. The number of hydrogen-bond donors (Lipinski definition) is 0. The van der Waals surface area contributed by atoms with Crippen LogP contribution in [0.4, 0.5) is 0 Å². The van der Waals surface area contributed by atoms with Gasteiger partial charge in [0.15, 0.2) is 0 Å². The lowest BCUT2D eigenvalue weighted by Gasteiger charge is -2.36. The second kappa shape index (κ2) is 6.13. The van der Waals surface area contributed by atoms with Gasteiger partial charge in [-0.15, -0.1) is 11.8 Å². The molecule has 0 amide bonds. The Morgan fingerprint density at radius 1 is 1.28 bits per heavy atom. The molecular weight excluding hydrogens is 246 g/mol. The summed E-state index contributed by atoms with van der Waals surface area (Å²) in [7, 11) is 8.02. The Bertz CT molecular complexity index is 386. The Labute approximate surface area is 114 Å². The zero-order chi connectivity index (χ0) is 13.9. The molecule has 0 spiro atoms. The van der Waals surface area contributed by atoms with Gasteiger partial charge in [0.1, 0.15) is 6.17 Å². The first-order valence-corrected chi connectivity index (χ1v) is 7.15. The first-order chi connectivity index (χ1) is 8.42. The van der Waals surface area contributed by atoms with Crippen LogP contribution in [0.15, 0.2) is 21.1 Å². The van der Waals surface area contributed by atoms with Crippen LogP contribution in [0.3, 0.4) is 0 Å². The largest absolute Gasteiger partial charge is 0.349 e. The quantitative estimate of drug-likeness (QED) is 0.764. The van der Waals surface area contributed by atoms with Gasteiger partial charge in [-0.05, 0) is 20.1 Å². The molecule has 1 heterocycles. The van der Waals surface area contributed by atoms with Gasteiger partial charge in [0.05, 0.1) is 5.03 Å². The number of nitrogens with zero attached hydrogens (tertiary/aromatic N) is 5. The second-order valence-corrected chi connectivity index (χ2v) is 5.16. The van der Waals surface area contributed by atoms with Gasteiger partial charge in [0.25, 0.3) is 0 Å². The van der Waals surface area contributed by atoms with Crippen LogP contribution in [-0.2, 0) is 0 Å². The molecule has 0 saturated carbocycles. The van der Waals surface area contributed by atoms with E-state index in [-0.39, 0.29) is 6.17 Å². The molecule has 5 nitrogen and oxygen atoms in total. The molecule has 1 atom stereocenters. The topological polar surface area (TPSA) is 34.4 Å². The third-order valence-electron chi connectivity index (χ3n) is 2.69. The second-order valence-electron chi connectivity index (χ2n) is 4.33. The van der Waals surface area contributed by atoms with Gasteiger partial charge in [0.2, 0.25) is 11.9 Å². The third kappa shape index (κ3) is 2.98. The van der Waals surface area contributed by atoms with Crippen molar-refractivity contribution in [2.75, 3.05) is 34.4 Å². The molecule has 1 unspecified atom stereocenters. The molecule has 0 aromatic rings. The number of thioether (sulfide) groups is 1. The summed E-state index contributed by atoms with van der Waals surface area (Å²) in [5.74, 6) is 1.85. The van der Waals surface area contributed by atoms with Gasteiger partial charge in [0, 0.05) is 28.2 Å². The van der Waals surface area contributed by atoms with Crippen LogP contribution in [-0.4, -0.2) is 67.2 Å². The summed E-state index contributed by atoms with van der Waals surface area (Å²) in [4.78, 5) is 15.3. The molecule has 1 rings (SSSR count). The Balaban J connectivity index is 3.03. The van der Waals surface area contributed by atoms with Gasteiger partial charge in [-0.2, -0.15) is 0 Å². The van der Waals surface area contributed by atoms with Crippen LogP contribution in [0.1, 0.15) is 13.8 Å². The Morgan fingerprint density at radius 3 is 2.28 bits per heavy atom. The SMILES string of the molecule is CC=C(SC)N(C)C1=NC(C)N=C(N(C)C)N1C. The molecule has 102 valence electrons. The fourth-order valence-electron chi connectivity index (χ4n) is 1.90. The van der Waals surface area contributed by atoms with E-state index in [1.165, 1.54) is 5.03 Å². The molecule has 0 bridgehead atoms. The third-order valence-corrected chi connectivity index (χ3v) is 3.62. The molecule has 6 heteroatoms. The van der Waals surface area contributed by atoms with Crippen LogP contribution in [0.2, 0.25) is 0 Å². The average Bonchev–Trinajstić information content (AvgIpc) is 2.32. The van der Waals surface area contributed by atoms with Gasteiger partial charge in [-0.25, -0.2) is 9.98 Å². The van der Waals surface area contributed by atoms with Crippen molar-refractivity contribution in [2.24, 2.45) is 9.98 Å². The van der Waals surface area contributed by atoms with Crippen LogP contribution in [0.25, 0.3) is 0 Å². The Morgan fingerprint density at radius 2 is 1.83 bits per heavy atom. The van der Waals surface area contributed by atoms with Crippen molar-refractivity contribution < 1.29 is 0 Å². The Hall–Kier alpha value is -1.17. The molecule has 18 heavy (non-hydrogen) atoms. The fraction of sp³-hybridized carbons (Fsp3) is 0.667. The highest BCUT2D eigenvalue weighted by Crippen LogP contribution is 2.19. The zero-order valence-corrected chi connectivity index (χ0v) is 13.1. The van der Waals surface area contributed by atoms with E-state index in [2.05, 4.69) is 27.2 Å². The molecule has 0 fully saturated rings. The highest BCUT2D eigenvalue weighted by molar-refractivity contribution is 8.02. The minimum Gasteiger partial charge on any atom is -0.349 e. The highest BCUT2D eigenvalue weighted by Gasteiger charge is 2.25. The average molecular weight is 269 g/mol. The lowest BCUT2D eigenvalue weighted by Crippen LogP contribution is -2.50. The molecule has 0 radical (unpaired) electrons. The summed E-state index contributed by atoms with van der Waals surface area (Å²) >= 11 is 1.71. The summed E-state index contributed by atoms with van der Waals surface area (Å²) in [6.45, 7) is 4.04. The minimum absolute atomic E-state index is 0.0454. The summed E-state index contributed by atoms with van der Waals surface area (Å²) in [5, 5.41) is 1.17. The van der Waals surface area contributed by atoms with Crippen molar-refractivity contribution in [1.29, 1.82) is 0 Å². The van der Waals surface area contributed by atoms with Crippen molar-refractivity contribution in [3.05, 3.63) is 11.1 Å². The normalized spacial score (nSPS) is 20.5. The molecule has 0 N–H and O–H groups in total. The van der Waals surface area contributed by atoms with E-state index in [1.807, 2.05) is 51.8 Å². The molecular formula is C12H23N5S. The fourth-order valence-corrected chi connectivity index (χ4v) is 2.49. The van der Waals surface area contributed by atoms with Crippen molar-refractivity contribution >= 4 is 23.7 Å². The van der Waals surface area contributed by atoms with Gasteiger partial charge >= 0.3 is 0 Å². The summed E-state index contributed by atoms with van der Waals surface area (Å²) in [5.41, 5.74) is 0. The van der Waals surface area contributed by atoms with E-state index < -0.39 is 0 Å². The Kier molecular flexibility index (Phi) is 5.07. The van der Waals surface area contributed by atoms with Gasteiger partial charge < -0.3 is 9.80 Å². The zero-order valence-electron chi connectivity index (χ0n) is 12.3. The van der Waals surface area contributed by atoms with Crippen LogP contribution in [0.5, 0.6) is 0 Å². The van der Waals surface area contributed by atoms with E-state index >= 15 is 0 Å². The number of allylic oxidation sites excluding steroid dienone is 1. The molecule has 1 aliphatic heterocycles. The van der Waals surface area contributed by atoms with Crippen LogP contribution >= 0.6 is 11.8 Å². The molecule has 0 aromatic heterocycles. The molecule has 0 saturated heterocycles. The number of hydrogen-bond acceptors (Lipinski definition) is 6. The first-order valence-electron chi connectivity index (χ1n) is 5.93. The van der Waals surface area contributed by atoms with E-state index in [1.54, 1.807) is 11.8 Å². The molecule has 0 aliphatic carbocycles. The first kappa shape index (κ1) is 14.9. The van der Waals surface area contributed by atoms with Gasteiger partial charge in [-0.3, -0.25) is 4.90 Å². The minimum atomic E-state index is -0.0454. The molecule has 0 aromatic carbocycles. The van der Waals surface area contributed by atoms with Crippen molar-refractivity contribution in [3.8, 4) is 0 Å². The van der Waals surface area contributed by atoms with Crippen molar-refractivity contribution in [1.82, 2.24) is 14.7 Å². The smallest absolute Gasteiger partial charge is 0.210 e. The lowest BCUT2D eigenvalue weighted by molar-refractivity contribution is 0.458. The summed E-state index contributed by atoms with van der Waals surface area (Å²) in [6, 6.07) is 0. The maximum atomic E-state index is 4.61. The predicted molar refractivity (Wildman–Crippen MR) is 80.8 cm³/mol. The lowest BCUT2D eigenvalue weighted by atomic mass is 10.5. The maximum absolute atomic E-state index is 4.61. The highest BCUT2D eigenvalue weighted by atomic mass is 32.2. The summed E-state index contributed by atoms with van der Waals surface area (Å²) in [6.07, 6.45) is 4.11. The van der Waals surface area contributed by atoms with E-state index in [9.17, 15) is 0 Å². The van der Waals surface area contributed by atoms with Crippen molar-refractivity contribution in [3.63, 3.8) is 0 Å². The van der Waals surface area contributed by atoms with E-state index in [0.29, 0.717) is 0 Å².